The summed E-state index contributed by atoms with van der Waals surface area (Å²) in [5.41, 5.74) is 3.61. The molecule has 1 aliphatic rings. The van der Waals surface area contributed by atoms with Crippen LogP contribution in [0.2, 0.25) is 0 Å². The van der Waals surface area contributed by atoms with E-state index in [2.05, 4.69) is 11.4 Å². The SMILES string of the molecule is CC(C(=O)NCCC1=CCCCC1)N(Cc1ccccc1)C(=O)CCc1ccccc1. The van der Waals surface area contributed by atoms with Crippen LogP contribution in [0.15, 0.2) is 72.3 Å². The lowest BCUT2D eigenvalue weighted by atomic mass is 9.97. The van der Waals surface area contributed by atoms with Crippen molar-refractivity contribution in [2.24, 2.45) is 0 Å². The minimum Gasteiger partial charge on any atom is -0.354 e. The number of hydrogen-bond donors (Lipinski definition) is 1. The van der Waals surface area contributed by atoms with E-state index in [1.165, 1.54) is 18.4 Å². The Balaban J connectivity index is 1.60. The third-order valence-electron chi connectivity index (χ3n) is 5.96. The molecule has 1 N–H and O–H groups in total. The van der Waals surface area contributed by atoms with Gasteiger partial charge in [0.25, 0.3) is 0 Å². The van der Waals surface area contributed by atoms with E-state index in [4.69, 9.17) is 0 Å². The number of carbonyl (C=O) groups is 2. The third-order valence-corrected chi connectivity index (χ3v) is 5.96. The van der Waals surface area contributed by atoms with Crippen LogP contribution in [-0.2, 0) is 22.6 Å². The molecule has 31 heavy (non-hydrogen) atoms. The lowest BCUT2D eigenvalue weighted by molar-refractivity contribution is -0.140. The molecule has 1 aliphatic carbocycles. The fourth-order valence-corrected chi connectivity index (χ4v) is 4.03. The standard InChI is InChI=1S/C27H34N2O2/c1-22(27(31)28-20-19-24-13-7-3-8-14-24)29(21-25-15-9-4-10-16-25)26(30)18-17-23-11-5-2-6-12-23/h2,4-6,9-13,15-16,22H,3,7-8,14,17-21H2,1H3,(H,28,31). The normalized spacial score (nSPS) is 14.4. The highest BCUT2D eigenvalue weighted by Crippen LogP contribution is 2.19. The number of hydrogen-bond acceptors (Lipinski definition) is 2. The minimum atomic E-state index is -0.510. The van der Waals surface area contributed by atoms with Gasteiger partial charge in [-0.15, -0.1) is 0 Å². The number of nitrogens with one attached hydrogen (secondary N) is 1. The van der Waals surface area contributed by atoms with E-state index in [0.717, 1.165) is 30.4 Å². The minimum absolute atomic E-state index is 0.00495. The Bertz CT molecular complexity index is 861. The maximum Gasteiger partial charge on any atom is 0.242 e. The van der Waals surface area contributed by atoms with E-state index < -0.39 is 6.04 Å². The maximum absolute atomic E-state index is 13.1. The molecule has 0 saturated carbocycles. The monoisotopic (exact) mass is 418 g/mol. The Kier molecular flexibility index (Phi) is 8.89. The zero-order valence-electron chi connectivity index (χ0n) is 18.6. The fourth-order valence-electron chi connectivity index (χ4n) is 4.03. The van der Waals surface area contributed by atoms with Gasteiger partial charge < -0.3 is 10.2 Å². The van der Waals surface area contributed by atoms with E-state index in [-0.39, 0.29) is 11.8 Å². The quantitative estimate of drug-likeness (QED) is 0.549. The fraction of sp³-hybridized carbons (Fsp3) is 0.407. The van der Waals surface area contributed by atoms with Crippen molar-refractivity contribution in [3.63, 3.8) is 0 Å². The molecule has 0 fully saturated rings. The van der Waals surface area contributed by atoms with Crippen LogP contribution in [0.25, 0.3) is 0 Å². The van der Waals surface area contributed by atoms with Crippen molar-refractivity contribution >= 4 is 11.8 Å². The second kappa shape index (κ2) is 12.1. The van der Waals surface area contributed by atoms with Crippen LogP contribution >= 0.6 is 0 Å². The van der Waals surface area contributed by atoms with E-state index in [9.17, 15) is 9.59 Å². The highest BCUT2D eigenvalue weighted by atomic mass is 16.2. The van der Waals surface area contributed by atoms with E-state index in [0.29, 0.717) is 25.9 Å². The number of amides is 2. The summed E-state index contributed by atoms with van der Waals surface area (Å²) in [6, 6.07) is 19.4. The summed E-state index contributed by atoms with van der Waals surface area (Å²) in [6.07, 6.45) is 9.09. The molecule has 1 unspecified atom stereocenters. The Morgan fingerprint density at radius 3 is 2.26 bits per heavy atom. The summed E-state index contributed by atoms with van der Waals surface area (Å²) in [5.74, 6) is -0.0780. The number of carbonyl (C=O) groups excluding carboxylic acids is 2. The van der Waals surface area contributed by atoms with Crippen molar-refractivity contribution in [2.45, 2.75) is 64.5 Å². The van der Waals surface area contributed by atoms with Crippen molar-refractivity contribution in [3.8, 4) is 0 Å². The van der Waals surface area contributed by atoms with E-state index in [1.807, 2.05) is 67.6 Å². The topological polar surface area (TPSA) is 49.4 Å². The van der Waals surface area contributed by atoms with Crippen molar-refractivity contribution in [2.75, 3.05) is 6.54 Å². The van der Waals surface area contributed by atoms with Crippen LogP contribution in [0.5, 0.6) is 0 Å². The molecular weight excluding hydrogens is 384 g/mol. The largest absolute Gasteiger partial charge is 0.354 e. The molecular formula is C27H34N2O2. The van der Waals surface area contributed by atoms with Gasteiger partial charge in [0, 0.05) is 19.5 Å². The van der Waals surface area contributed by atoms with Crippen molar-refractivity contribution in [1.82, 2.24) is 10.2 Å². The summed E-state index contributed by atoms with van der Waals surface area (Å²) in [5, 5.41) is 3.05. The van der Waals surface area contributed by atoms with Crippen LogP contribution in [-0.4, -0.2) is 29.3 Å². The Morgan fingerprint density at radius 2 is 1.61 bits per heavy atom. The number of benzene rings is 2. The summed E-state index contributed by atoms with van der Waals surface area (Å²) >= 11 is 0. The van der Waals surface area contributed by atoms with Crippen LogP contribution in [0, 0.1) is 0 Å². The van der Waals surface area contributed by atoms with Crippen LogP contribution in [0.1, 0.15) is 56.6 Å². The molecule has 3 rings (SSSR count). The number of nitrogens with zero attached hydrogens (tertiary/aromatic N) is 1. The molecule has 0 saturated heterocycles. The Labute approximate surface area is 186 Å². The molecule has 2 amide bonds. The van der Waals surface area contributed by atoms with Gasteiger partial charge in [0.05, 0.1) is 0 Å². The maximum atomic E-state index is 13.1. The second-order valence-corrected chi connectivity index (χ2v) is 8.32. The van der Waals surface area contributed by atoms with Gasteiger partial charge in [-0.2, -0.15) is 0 Å². The lowest BCUT2D eigenvalue weighted by Crippen LogP contribution is -2.47. The molecule has 0 bridgehead atoms. The molecule has 2 aromatic carbocycles. The van der Waals surface area contributed by atoms with Gasteiger partial charge >= 0.3 is 0 Å². The predicted octanol–water partition coefficient (Wildman–Crippen LogP) is 5.04. The highest BCUT2D eigenvalue weighted by Gasteiger charge is 2.25. The van der Waals surface area contributed by atoms with Gasteiger partial charge in [0.1, 0.15) is 6.04 Å². The van der Waals surface area contributed by atoms with Crippen molar-refractivity contribution in [3.05, 3.63) is 83.4 Å². The predicted molar refractivity (Wildman–Crippen MR) is 125 cm³/mol. The zero-order valence-corrected chi connectivity index (χ0v) is 18.6. The first kappa shape index (κ1) is 22.8. The average molecular weight is 419 g/mol. The van der Waals surface area contributed by atoms with Crippen molar-refractivity contribution < 1.29 is 9.59 Å². The van der Waals surface area contributed by atoms with E-state index >= 15 is 0 Å². The summed E-state index contributed by atoms with van der Waals surface area (Å²) in [7, 11) is 0. The molecule has 0 radical (unpaired) electrons. The highest BCUT2D eigenvalue weighted by molar-refractivity contribution is 5.87. The first-order chi connectivity index (χ1) is 15.1. The summed E-state index contributed by atoms with van der Waals surface area (Å²) < 4.78 is 0. The molecule has 1 atom stereocenters. The average Bonchev–Trinajstić information content (AvgIpc) is 2.82. The Morgan fingerprint density at radius 1 is 0.935 bits per heavy atom. The van der Waals surface area contributed by atoms with Gasteiger partial charge in [-0.25, -0.2) is 0 Å². The molecule has 0 spiro atoms. The van der Waals surface area contributed by atoms with Crippen LogP contribution in [0.3, 0.4) is 0 Å². The van der Waals surface area contributed by atoms with Gasteiger partial charge in [-0.05, 0) is 56.6 Å². The first-order valence-electron chi connectivity index (χ1n) is 11.5. The Hall–Kier alpha value is -2.88. The molecule has 0 aliphatic heterocycles. The number of aryl methyl sites for hydroxylation is 1. The molecule has 4 heteroatoms. The molecule has 0 heterocycles. The smallest absolute Gasteiger partial charge is 0.242 e. The lowest BCUT2D eigenvalue weighted by Gasteiger charge is -2.29. The molecule has 2 aromatic rings. The van der Waals surface area contributed by atoms with Crippen molar-refractivity contribution in [1.29, 1.82) is 0 Å². The first-order valence-corrected chi connectivity index (χ1v) is 11.5. The van der Waals surface area contributed by atoms with Crippen LogP contribution in [0.4, 0.5) is 0 Å². The third kappa shape index (κ3) is 7.39. The molecule has 0 aromatic heterocycles. The van der Waals surface area contributed by atoms with Crippen LogP contribution < -0.4 is 5.32 Å². The second-order valence-electron chi connectivity index (χ2n) is 8.32. The number of rotatable bonds is 10. The zero-order chi connectivity index (χ0) is 21.9. The summed E-state index contributed by atoms with van der Waals surface area (Å²) in [4.78, 5) is 27.7. The molecule has 4 nitrogen and oxygen atoms in total. The van der Waals surface area contributed by atoms with Gasteiger partial charge in [0.2, 0.25) is 11.8 Å². The van der Waals surface area contributed by atoms with Gasteiger partial charge in [-0.1, -0.05) is 72.3 Å². The van der Waals surface area contributed by atoms with Gasteiger partial charge in [-0.3, -0.25) is 9.59 Å². The molecule has 164 valence electrons. The summed E-state index contributed by atoms with van der Waals surface area (Å²) in [6.45, 7) is 2.90. The van der Waals surface area contributed by atoms with E-state index in [1.54, 1.807) is 4.90 Å². The number of allylic oxidation sites excluding steroid dienone is 1. The van der Waals surface area contributed by atoms with Gasteiger partial charge in [0.15, 0.2) is 0 Å².